The Hall–Kier alpha value is -0.0800. The molecule has 2 unspecified atom stereocenters. The number of nitrogens with zero attached hydrogens (tertiary/aromatic N) is 1. The van der Waals surface area contributed by atoms with Crippen LogP contribution in [0.2, 0.25) is 0 Å². The highest BCUT2D eigenvalue weighted by Gasteiger charge is 2.36. The first-order valence-electron chi connectivity index (χ1n) is 4.48. The number of aliphatic hydroxyl groups is 1. The van der Waals surface area contributed by atoms with Gasteiger partial charge in [0.25, 0.3) is 0 Å². The standard InChI is InChI=1S/C9H19NO/c1-7-6-8(2)9(7)10(3)4-5-11/h7-9,11H,4-6H2,1-3H3. The molecular weight excluding hydrogens is 138 g/mol. The van der Waals surface area contributed by atoms with Crippen LogP contribution in [0.15, 0.2) is 0 Å². The molecule has 0 amide bonds. The Morgan fingerprint density at radius 3 is 2.27 bits per heavy atom. The summed E-state index contributed by atoms with van der Waals surface area (Å²) >= 11 is 0. The zero-order valence-electron chi connectivity index (χ0n) is 7.75. The van der Waals surface area contributed by atoms with Gasteiger partial charge in [0, 0.05) is 12.6 Å². The third kappa shape index (κ3) is 1.74. The Morgan fingerprint density at radius 1 is 1.36 bits per heavy atom. The highest BCUT2D eigenvalue weighted by atomic mass is 16.3. The quantitative estimate of drug-likeness (QED) is 0.659. The van der Waals surface area contributed by atoms with Crippen LogP contribution in [-0.4, -0.2) is 36.2 Å². The first-order valence-corrected chi connectivity index (χ1v) is 4.48. The van der Waals surface area contributed by atoms with Gasteiger partial charge in [0.2, 0.25) is 0 Å². The van der Waals surface area contributed by atoms with Gasteiger partial charge in [-0.3, -0.25) is 0 Å². The normalized spacial score (nSPS) is 37.4. The van der Waals surface area contributed by atoms with Gasteiger partial charge in [0.05, 0.1) is 6.61 Å². The van der Waals surface area contributed by atoms with E-state index in [4.69, 9.17) is 5.11 Å². The molecule has 0 heterocycles. The van der Waals surface area contributed by atoms with Gasteiger partial charge in [-0.1, -0.05) is 13.8 Å². The predicted octanol–water partition coefficient (Wildman–Crippen LogP) is 0.955. The summed E-state index contributed by atoms with van der Waals surface area (Å²) in [4.78, 5) is 2.28. The molecule has 0 aromatic heterocycles. The maximum Gasteiger partial charge on any atom is 0.0558 e. The molecule has 1 saturated carbocycles. The van der Waals surface area contributed by atoms with Crippen LogP contribution in [-0.2, 0) is 0 Å². The van der Waals surface area contributed by atoms with E-state index in [1.165, 1.54) is 6.42 Å². The molecule has 0 spiro atoms. The van der Waals surface area contributed by atoms with Crippen molar-refractivity contribution in [3.05, 3.63) is 0 Å². The highest BCUT2D eigenvalue weighted by molar-refractivity contribution is 4.90. The molecule has 0 aromatic rings. The summed E-state index contributed by atoms with van der Waals surface area (Å²) < 4.78 is 0. The number of hydrogen-bond donors (Lipinski definition) is 1. The van der Waals surface area contributed by atoms with Crippen LogP contribution in [0.5, 0.6) is 0 Å². The van der Waals surface area contributed by atoms with Crippen LogP contribution >= 0.6 is 0 Å². The average Bonchev–Trinajstić information content (AvgIpc) is 1.87. The fraction of sp³-hybridized carbons (Fsp3) is 1.00. The number of rotatable bonds is 3. The Morgan fingerprint density at radius 2 is 1.91 bits per heavy atom. The Labute approximate surface area is 69.2 Å². The molecule has 1 fully saturated rings. The smallest absolute Gasteiger partial charge is 0.0558 e. The third-order valence-electron chi connectivity index (χ3n) is 2.87. The van der Waals surface area contributed by atoms with Crippen molar-refractivity contribution in [3.8, 4) is 0 Å². The van der Waals surface area contributed by atoms with Crippen molar-refractivity contribution in [2.45, 2.75) is 26.3 Å². The Bertz CT molecular complexity index is 119. The van der Waals surface area contributed by atoms with E-state index >= 15 is 0 Å². The van der Waals surface area contributed by atoms with Crippen LogP contribution in [0.1, 0.15) is 20.3 Å². The van der Waals surface area contributed by atoms with Crippen molar-refractivity contribution < 1.29 is 5.11 Å². The Balaban J connectivity index is 2.33. The monoisotopic (exact) mass is 157 g/mol. The molecule has 66 valence electrons. The van der Waals surface area contributed by atoms with Gasteiger partial charge in [0.15, 0.2) is 0 Å². The highest BCUT2D eigenvalue weighted by Crippen LogP contribution is 2.36. The number of aliphatic hydroxyl groups excluding tert-OH is 1. The summed E-state index contributed by atoms with van der Waals surface area (Å²) in [6.07, 6.45) is 1.35. The molecule has 2 nitrogen and oxygen atoms in total. The molecule has 2 atom stereocenters. The van der Waals surface area contributed by atoms with Crippen molar-refractivity contribution in [2.24, 2.45) is 11.8 Å². The number of hydrogen-bond acceptors (Lipinski definition) is 2. The van der Waals surface area contributed by atoms with Gasteiger partial charge in [-0.2, -0.15) is 0 Å². The van der Waals surface area contributed by atoms with Crippen molar-refractivity contribution >= 4 is 0 Å². The van der Waals surface area contributed by atoms with E-state index in [-0.39, 0.29) is 6.61 Å². The summed E-state index contributed by atoms with van der Waals surface area (Å²) in [5.74, 6) is 1.64. The van der Waals surface area contributed by atoms with Gasteiger partial charge in [0.1, 0.15) is 0 Å². The second-order valence-corrected chi connectivity index (χ2v) is 3.89. The molecule has 1 aliphatic carbocycles. The molecule has 11 heavy (non-hydrogen) atoms. The van der Waals surface area contributed by atoms with E-state index < -0.39 is 0 Å². The summed E-state index contributed by atoms with van der Waals surface area (Å²) in [5, 5.41) is 8.74. The van der Waals surface area contributed by atoms with Gasteiger partial charge < -0.3 is 10.0 Å². The minimum Gasteiger partial charge on any atom is -0.395 e. The van der Waals surface area contributed by atoms with Gasteiger partial charge in [-0.25, -0.2) is 0 Å². The van der Waals surface area contributed by atoms with E-state index in [1.54, 1.807) is 0 Å². The largest absolute Gasteiger partial charge is 0.395 e. The van der Waals surface area contributed by atoms with Crippen molar-refractivity contribution in [1.82, 2.24) is 4.90 Å². The second-order valence-electron chi connectivity index (χ2n) is 3.89. The lowest BCUT2D eigenvalue weighted by molar-refractivity contribution is 0.0251. The lowest BCUT2D eigenvalue weighted by Crippen LogP contribution is -2.50. The van der Waals surface area contributed by atoms with Crippen LogP contribution in [0.25, 0.3) is 0 Å². The molecule has 2 heteroatoms. The minimum absolute atomic E-state index is 0.284. The lowest BCUT2D eigenvalue weighted by atomic mass is 9.71. The van der Waals surface area contributed by atoms with Gasteiger partial charge in [-0.05, 0) is 25.3 Å². The molecule has 0 aromatic carbocycles. The maximum atomic E-state index is 8.74. The zero-order valence-corrected chi connectivity index (χ0v) is 7.75. The van der Waals surface area contributed by atoms with E-state index in [1.807, 2.05) is 0 Å². The van der Waals surface area contributed by atoms with E-state index in [0.29, 0.717) is 6.04 Å². The van der Waals surface area contributed by atoms with Crippen LogP contribution in [0.4, 0.5) is 0 Å². The van der Waals surface area contributed by atoms with E-state index in [2.05, 4.69) is 25.8 Å². The second kappa shape index (κ2) is 3.55. The SMILES string of the molecule is CC1CC(C)C1N(C)CCO. The first kappa shape index (κ1) is 9.01. The van der Waals surface area contributed by atoms with Crippen LogP contribution in [0.3, 0.4) is 0 Å². The zero-order chi connectivity index (χ0) is 8.43. The minimum atomic E-state index is 0.284. The van der Waals surface area contributed by atoms with Crippen molar-refractivity contribution in [1.29, 1.82) is 0 Å². The lowest BCUT2D eigenvalue weighted by Gasteiger charge is -2.46. The molecule has 0 bridgehead atoms. The molecule has 0 radical (unpaired) electrons. The predicted molar refractivity (Wildman–Crippen MR) is 46.4 cm³/mol. The molecule has 1 rings (SSSR count). The summed E-state index contributed by atoms with van der Waals surface area (Å²) in [6, 6.07) is 0.710. The topological polar surface area (TPSA) is 23.5 Å². The molecule has 0 saturated heterocycles. The van der Waals surface area contributed by atoms with Gasteiger partial charge >= 0.3 is 0 Å². The maximum absolute atomic E-state index is 8.74. The van der Waals surface area contributed by atoms with E-state index in [9.17, 15) is 0 Å². The number of likely N-dealkylation sites (N-methyl/N-ethyl adjacent to an activating group) is 1. The third-order valence-corrected chi connectivity index (χ3v) is 2.87. The van der Waals surface area contributed by atoms with Crippen LogP contribution in [0, 0.1) is 11.8 Å². The summed E-state index contributed by atoms with van der Waals surface area (Å²) in [5.41, 5.74) is 0. The van der Waals surface area contributed by atoms with E-state index in [0.717, 1.165) is 18.4 Å². The summed E-state index contributed by atoms with van der Waals surface area (Å²) in [7, 11) is 2.10. The fourth-order valence-corrected chi connectivity index (χ4v) is 2.41. The molecule has 1 aliphatic rings. The molecular formula is C9H19NO. The van der Waals surface area contributed by atoms with Gasteiger partial charge in [-0.15, -0.1) is 0 Å². The summed E-state index contributed by atoms with van der Waals surface area (Å²) in [6.45, 7) is 5.68. The Kier molecular flexibility index (Phi) is 2.90. The van der Waals surface area contributed by atoms with Crippen LogP contribution < -0.4 is 0 Å². The average molecular weight is 157 g/mol. The van der Waals surface area contributed by atoms with Crippen molar-refractivity contribution in [2.75, 3.05) is 20.2 Å². The van der Waals surface area contributed by atoms with Crippen molar-refractivity contribution in [3.63, 3.8) is 0 Å². The fourth-order valence-electron chi connectivity index (χ4n) is 2.41. The first-order chi connectivity index (χ1) is 5.16. The molecule has 0 aliphatic heterocycles. The molecule has 1 N–H and O–H groups in total.